The third-order valence-electron chi connectivity index (χ3n) is 5.47. The molecular weight excluding hydrogens is 446 g/mol. The molecule has 1 aromatic carbocycles. The number of nitrogens with two attached hydrogens (primary N) is 1. The summed E-state index contributed by atoms with van der Waals surface area (Å²) in [5, 5.41) is 2.84. The maximum Gasteiger partial charge on any atom is 0.237 e. The maximum absolute atomic E-state index is 14.0. The molecule has 0 spiro atoms. The predicted molar refractivity (Wildman–Crippen MR) is 116 cm³/mol. The lowest BCUT2D eigenvalue weighted by atomic mass is 9.87. The number of H-pyrrole nitrogens is 2. The van der Waals surface area contributed by atoms with Crippen LogP contribution in [0.15, 0.2) is 30.9 Å². The van der Waals surface area contributed by atoms with Crippen molar-refractivity contribution in [2.24, 2.45) is 5.73 Å². The van der Waals surface area contributed by atoms with Crippen LogP contribution in [-0.2, 0) is 30.6 Å². The van der Waals surface area contributed by atoms with E-state index >= 15 is 0 Å². The van der Waals surface area contributed by atoms with Crippen LogP contribution >= 0.6 is 24.6 Å². The molecule has 1 aliphatic rings. The van der Waals surface area contributed by atoms with Crippen molar-refractivity contribution in [2.45, 2.75) is 44.3 Å². The number of aromatic nitrogens is 4. The summed E-state index contributed by atoms with van der Waals surface area (Å²) >= 11 is 5.42. The fourth-order valence-corrected chi connectivity index (χ4v) is 4.32. The Morgan fingerprint density at radius 1 is 1.39 bits per heavy atom. The molecule has 4 rings (SSSR count). The first kappa shape index (κ1) is 23.1. The largest absolute Gasteiger partial charge is 0.349 e. The number of hydrogen-bond donors (Lipinski definition) is 4. The lowest BCUT2D eigenvalue weighted by molar-refractivity contribution is -0.122. The Labute approximate surface area is 188 Å². The number of hydrogen-bond acceptors (Lipinski definition) is 4. The molecule has 0 aliphatic heterocycles. The van der Waals surface area contributed by atoms with Gasteiger partial charge in [-0.1, -0.05) is 0 Å². The van der Waals surface area contributed by atoms with E-state index in [0.717, 1.165) is 17.5 Å². The number of halogens is 3. The van der Waals surface area contributed by atoms with Gasteiger partial charge >= 0.3 is 0 Å². The number of benzene rings is 1. The van der Waals surface area contributed by atoms with Gasteiger partial charge in [0.05, 0.1) is 24.6 Å². The number of rotatable bonds is 6. The Morgan fingerprint density at radius 3 is 2.94 bits per heavy atom. The average Bonchev–Trinajstić information content (AvgIpc) is 3.34. The quantitative estimate of drug-likeness (QED) is 0.417. The zero-order chi connectivity index (χ0) is 21.3. The second-order valence-electron chi connectivity index (χ2n) is 7.48. The molecule has 2 atom stereocenters. The van der Waals surface area contributed by atoms with E-state index in [4.69, 9.17) is 18.0 Å². The molecule has 0 unspecified atom stereocenters. The van der Waals surface area contributed by atoms with Crippen molar-refractivity contribution in [3.63, 3.8) is 0 Å². The standard InChI is InChI=1S/C20H22F2N6OS.ClH/c21-12-3-11-4-14(1-2-16(11)17(22)5-12)28-15(9-26-20(28)30)8-25-19(29)18(23)6-13-7-24-10-27-13;/h3,5,7,9-10,14,18H,1-2,4,6,8,23H2,(H,24,27)(H,25,29)(H,26,30);1H/t14-,18-;/m0./s1. The summed E-state index contributed by atoms with van der Waals surface area (Å²) in [6, 6.07) is 1.54. The van der Waals surface area contributed by atoms with Gasteiger partial charge in [-0.3, -0.25) is 4.79 Å². The van der Waals surface area contributed by atoms with Crippen molar-refractivity contribution in [3.8, 4) is 0 Å². The first-order valence-electron chi connectivity index (χ1n) is 9.68. The van der Waals surface area contributed by atoms with Gasteiger partial charge in [-0.2, -0.15) is 0 Å². The molecule has 31 heavy (non-hydrogen) atoms. The SMILES string of the molecule is Cl.N[C@@H](Cc1cnc[nH]1)C(=O)NCc1c[nH]c(=S)n1[C@H]1CCc2c(F)cc(F)cc2C1. The zero-order valence-corrected chi connectivity index (χ0v) is 18.2. The van der Waals surface area contributed by atoms with E-state index in [1.807, 2.05) is 4.57 Å². The Morgan fingerprint density at radius 2 is 2.19 bits per heavy atom. The highest BCUT2D eigenvalue weighted by Gasteiger charge is 2.25. The number of carbonyl (C=O) groups excluding carboxylic acids is 1. The van der Waals surface area contributed by atoms with Crippen LogP contribution in [0.25, 0.3) is 0 Å². The highest BCUT2D eigenvalue weighted by atomic mass is 35.5. The molecule has 3 aromatic rings. The summed E-state index contributed by atoms with van der Waals surface area (Å²) in [4.78, 5) is 22.2. The minimum atomic E-state index is -0.715. The lowest BCUT2D eigenvalue weighted by Gasteiger charge is -2.27. The van der Waals surface area contributed by atoms with Gasteiger partial charge in [0, 0.05) is 36.6 Å². The molecule has 2 heterocycles. The third-order valence-corrected chi connectivity index (χ3v) is 5.78. The van der Waals surface area contributed by atoms with Crippen LogP contribution < -0.4 is 11.1 Å². The number of nitrogens with zero attached hydrogens (tertiary/aromatic N) is 2. The summed E-state index contributed by atoms with van der Waals surface area (Å²) in [6.45, 7) is 0.240. The van der Waals surface area contributed by atoms with E-state index in [-0.39, 0.29) is 30.9 Å². The van der Waals surface area contributed by atoms with Crippen molar-refractivity contribution >= 4 is 30.5 Å². The molecule has 11 heteroatoms. The number of imidazole rings is 2. The van der Waals surface area contributed by atoms with Gasteiger partial charge in [-0.15, -0.1) is 12.4 Å². The van der Waals surface area contributed by atoms with Crippen LogP contribution in [0.2, 0.25) is 0 Å². The molecule has 0 saturated heterocycles. The normalized spacial score (nSPS) is 16.3. The summed E-state index contributed by atoms with van der Waals surface area (Å²) in [5.74, 6) is -1.37. The number of amides is 1. The van der Waals surface area contributed by atoms with Gasteiger partial charge in [0.1, 0.15) is 11.6 Å². The topological polar surface area (TPSA) is 105 Å². The third kappa shape index (κ3) is 5.03. The van der Waals surface area contributed by atoms with E-state index in [0.29, 0.717) is 41.6 Å². The number of nitrogens with one attached hydrogen (secondary N) is 3. The van der Waals surface area contributed by atoms with Gasteiger partial charge in [-0.05, 0) is 48.7 Å². The Kier molecular flexibility index (Phi) is 7.24. The Balaban J connectivity index is 0.00000272. The molecule has 0 saturated carbocycles. The number of fused-ring (bicyclic) bond motifs is 1. The fraction of sp³-hybridized carbons (Fsp3) is 0.350. The zero-order valence-electron chi connectivity index (χ0n) is 16.5. The molecule has 1 aliphatic carbocycles. The van der Waals surface area contributed by atoms with Crippen LogP contribution in [0.5, 0.6) is 0 Å². The average molecular weight is 469 g/mol. The van der Waals surface area contributed by atoms with Gasteiger partial charge in [0.15, 0.2) is 4.77 Å². The van der Waals surface area contributed by atoms with E-state index in [1.165, 1.54) is 12.4 Å². The molecule has 0 bridgehead atoms. The van der Waals surface area contributed by atoms with Crippen LogP contribution in [0.4, 0.5) is 8.78 Å². The molecule has 1 amide bonds. The molecule has 0 fully saturated rings. The molecule has 7 nitrogen and oxygen atoms in total. The maximum atomic E-state index is 14.0. The van der Waals surface area contributed by atoms with Crippen LogP contribution in [0.1, 0.15) is 35.0 Å². The Bertz CT molecular complexity index is 1110. The van der Waals surface area contributed by atoms with Crippen molar-refractivity contribution in [1.29, 1.82) is 0 Å². The predicted octanol–water partition coefficient (Wildman–Crippen LogP) is 2.88. The molecule has 2 aromatic heterocycles. The molecule has 5 N–H and O–H groups in total. The summed E-state index contributed by atoms with van der Waals surface area (Å²) < 4.78 is 30.1. The van der Waals surface area contributed by atoms with Gasteiger partial charge in [0.25, 0.3) is 0 Å². The highest BCUT2D eigenvalue weighted by molar-refractivity contribution is 7.71. The molecule has 0 radical (unpaired) electrons. The minimum Gasteiger partial charge on any atom is -0.349 e. The van der Waals surface area contributed by atoms with E-state index < -0.39 is 17.7 Å². The summed E-state index contributed by atoms with van der Waals surface area (Å²) in [7, 11) is 0. The molecule has 166 valence electrons. The first-order chi connectivity index (χ1) is 14.4. The van der Waals surface area contributed by atoms with Gasteiger partial charge in [-0.25, -0.2) is 13.8 Å². The van der Waals surface area contributed by atoms with Gasteiger partial charge in [0.2, 0.25) is 5.91 Å². The second kappa shape index (κ2) is 9.71. The van der Waals surface area contributed by atoms with Crippen LogP contribution in [-0.4, -0.2) is 31.5 Å². The highest BCUT2D eigenvalue weighted by Crippen LogP contribution is 2.32. The minimum absolute atomic E-state index is 0. The second-order valence-corrected chi connectivity index (χ2v) is 7.87. The van der Waals surface area contributed by atoms with E-state index in [9.17, 15) is 13.6 Å². The van der Waals surface area contributed by atoms with Crippen molar-refractivity contribution < 1.29 is 13.6 Å². The van der Waals surface area contributed by atoms with Crippen molar-refractivity contribution in [2.75, 3.05) is 0 Å². The van der Waals surface area contributed by atoms with Gasteiger partial charge < -0.3 is 25.6 Å². The van der Waals surface area contributed by atoms with Crippen LogP contribution in [0.3, 0.4) is 0 Å². The monoisotopic (exact) mass is 468 g/mol. The van der Waals surface area contributed by atoms with Crippen molar-refractivity contribution in [1.82, 2.24) is 24.8 Å². The van der Waals surface area contributed by atoms with E-state index in [1.54, 1.807) is 12.4 Å². The van der Waals surface area contributed by atoms with E-state index in [2.05, 4.69) is 20.3 Å². The molecular formula is C20H23ClF2N6OS. The summed E-state index contributed by atoms with van der Waals surface area (Å²) in [6.07, 6.45) is 6.89. The van der Waals surface area contributed by atoms with Crippen LogP contribution in [0, 0.1) is 16.4 Å². The lowest BCUT2D eigenvalue weighted by Crippen LogP contribution is -2.42. The fourth-order valence-electron chi connectivity index (χ4n) is 3.99. The van der Waals surface area contributed by atoms with Crippen molar-refractivity contribution in [3.05, 3.63) is 69.8 Å². The smallest absolute Gasteiger partial charge is 0.237 e. The number of aromatic amines is 2. The Hall–Kier alpha value is -2.56. The summed E-state index contributed by atoms with van der Waals surface area (Å²) in [5.41, 5.74) is 8.76. The number of carbonyl (C=O) groups is 1. The first-order valence-corrected chi connectivity index (χ1v) is 10.1.